The molecular weight excluding hydrogens is 238 g/mol. The predicted octanol–water partition coefficient (Wildman–Crippen LogP) is 1.34. The van der Waals surface area contributed by atoms with E-state index < -0.39 is 10.0 Å². The van der Waals surface area contributed by atoms with Crippen LogP contribution in [0.3, 0.4) is 0 Å². The molecule has 0 bridgehead atoms. The molecule has 0 saturated heterocycles. The zero-order valence-electron chi connectivity index (χ0n) is 9.56. The third-order valence-electron chi connectivity index (χ3n) is 2.57. The zero-order chi connectivity index (χ0) is 12.6. The van der Waals surface area contributed by atoms with Gasteiger partial charge < -0.3 is 0 Å². The van der Waals surface area contributed by atoms with Crippen molar-refractivity contribution in [1.82, 2.24) is 10.2 Å². The van der Waals surface area contributed by atoms with Crippen LogP contribution in [0.5, 0.6) is 0 Å². The van der Waals surface area contributed by atoms with Crippen LogP contribution in [0.1, 0.15) is 11.1 Å². The SMILES string of the molecule is Cc1ccc(C)c(-c2[nH]ncc2S(N)(=O)=O)c1. The van der Waals surface area contributed by atoms with Crippen molar-refractivity contribution in [2.24, 2.45) is 5.14 Å². The first-order chi connectivity index (χ1) is 7.89. The van der Waals surface area contributed by atoms with Gasteiger partial charge in [-0.1, -0.05) is 17.7 Å². The zero-order valence-corrected chi connectivity index (χ0v) is 10.4. The molecule has 0 aliphatic carbocycles. The minimum Gasteiger partial charge on any atom is -0.276 e. The Hall–Kier alpha value is -1.66. The van der Waals surface area contributed by atoms with E-state index in [9.17, 15) is 8.42 Å². The van der Waals surface area contributed by atoms with Gasteiger partial charge in [-0.15, -0.1) is 0 Å². The Morgan fingerprint density at radius 3 is 2.65 bits per heavy atom. The predicted molar refractivity (Wildman–Crippen MR) is 64.9 cm³/mol. The standard InChI is InChI=1S/C11H13N3O2S/c1-7-3-4-8(2)9(5-7)11-10(6-13-14-11)17(12,15)16/h3-6H,1-2H3,(H,13,14)(H2,12,15,16). The van der Waals surface area contributed by atoms with Crippen LogP contribution in [0, 0.1) is 13.8 Å². The lowest BCUT2D eigenvalue weighted by molar-refractivity contribution is 0.598. The van der Waals surface area contributed by atoms with Gasteiger partial charge in [0, 0.05) is 5.56 Å². The third-order valence-corrected chi connectivity index (χ3v) is 3.50. The number of nitrogens with one attached hydrogen (secondary N) is 1. The highest BCUT2D eigenvalue weighted by atomic mass is 32.2. The van der Waals surface area contributed by atoms with E-state index in [2.05, 4.69) is 10.2 Å². The van der Waals surface area contributed by atoms with Crippen molar-refractivity contribution < 1.29 is 8.42 Å². The highest BCUT2D eigenvalue weighted by Gasteiger charge is 2.18. The van der Waals surface area contributed by atoms with Crippen molar-refractivity contribution in [3.63, 3.8) is 0 Å². The molecule has 0 unspecified atom stereocenters. The number of primary sulfonamides is 1. The van der Waals surface area contributed by atoms with Gasteiger partial charge in [0.2, 0.25) is 10.0 Å². The molecule has 1 aromatic carbocycles. The highest BCUT2D eigenvalue weighted by molar-refractivity contribution is 7.89. The van der Waals surface area contributed by atoms with Crippen molar-refractivity contribution in [2.45, 2.75) is 18.7 Å². The van der Waals surface area contributed by atoms with Gasteiger partial charge in [-0.05, 0) is 25.5 Å². The van der Waals surface area contributed by atoms with Crippen molar-refractivity contribution in [3.05, 3.63) is 35.5 Å². The van der Waals surface area contributed by atoms with Gasteiger partial charge in [0.15, 0.2) is 0 Å². The summed E-state index contributed by atoms with van der Waals surface area (Å²) in [5.41, 5.74) is 3.24. The number of aromatic amines is 1. The number of sulfonamides is 1. The fourth-order valence-corrected chi connectivity index (χ4v) is 2.33. The molecule has 0 aliphatic heterocycles. The molecule has 2 rings (SSSR count). The molecule has 5 nitrogen and oxygen atoms in total. The maximum absolute atomic E-state index is 11.4. The molecule has 1 aromatic heterocycles. The number of nitrogens with zero attached hydrogens (tertiary/aromatic N) is 1. The lowest BCUT2D eigenvalue weighted by Crippen LogP contribution is -2.12. The summed E-state index contributed by atoms with van der Waals surface area (Å²) in [6, 6.07) is 5.79. The second-order valence-electron chi connectivity index (χ2n) is 3.97. The Morgan fingerprint density at radius 2 is 2.00 bits per heavy atom. The van der Waals surface area contributed by atoms with E-state index in [1.54, 1.807) is 0 Å². The Kier molecular flexibility index (Phi) is 2.76. The van der Waals surface area contributed by atoms with Gasteiger partial charge >= 0.3 is 0 Å². The maximum atomic E-state index is 11.4. The molecule has 3 N–H and O–H groups in total. The fourth-order valence-electron chi connectivity index (χ4n) is 1.69. The van der Waals surface area contributed by atoms with Crippen LogP contribution in [0.4, 0.5) is 0 Å². The topological polar surface area (TPSA) is 88.8 Å². The Morgan fingerprint density at radius 1 is 1.29 bits per heavy atom. The molecular formula is C11H13N3O2S. The number of nitrogens with two attached hydrogens (primary N) is 1. The quantitative estimate of drug-likeness (QED) is 0.844. The summed E-state index contributed by atoms with van der Waals surface area (Å²) < 4.78 is 22.8. The van der Waals surface area contributed by atoms with E-state index in [0.717, 1.165) is 16.7 Å². The van der Waals surface area contributed by atoms with Crippen LogP contribution in [0.25, 0.3) is 11.3 Å². The van der Waals surface area contributed by atoms with Gasteiger partial charge in [0.1, 0.15) is 4.90 Å². The monoisotopic (exact) mass is 251 g/mol. The number of benzene rings is 1. The number of aryl methyl sites for hydroxylation is 2. The number of H-pyrrole nitrogens is 1. The summed E-state index contributed by atoms with van der Waals surface area (Å²) in [4.78, 5) is 0.0196. The summed E-state index contributed by atoms with van der Waals surface area (Å²) in [6.07, 6.45) is 1.23. The molecule has 0 fully saturated rings. The molecule has 0 saturated carbocycles. The van der Waals surface area contributed by atoms with E-state index in [1.165, 1.54) is 6.20 Å². The molecule has 0 amide bonds. The van der Waals surface area contributed by atoms with Crippen LogP contribution < -0.4 is 5.14 Å². The third kappa shape index (κ3) is 2.22. The van der Waals surface area contributed by atoms with E-state index in [-0.39, 0.29) is 4.90 Å². The lowest BCUT2D eigenvalue weighted by atomic mass is 10.0. The minimum atomic E-state index is -3.76. The van der Waals surface area contributed by atoms with Gasteiger partial charge in [0.25, 0.3) is 0 Å². The lowest BCUT2D eigenvalue weighted by Gasteiger charge is -2.06. The van der Waals surface area contributed by atoms with Gasteiger partial charge in [0.05, 0.1) is 11.9 Å². The molecule has 2 aromatic rings. The fraction of sp³-hybridized carbons (Fsp3) is 0.182. The normalized spacial score (nSPS) is 11.7. The largest absolute Gasteiger partial charge is 0.276 e. The summed E-state index contributed by atoms with van der Waals surface area (Å²) >= 11 is 0. The van der Waals surface area contributed by atoms with Crippen LogP contribution >= 0.6 is 0 Å². The molecule has 0 spiro atoms. The van der Waals surface area contributed by atoms with E-state index in [1.807, 2.05) is 32.0 Å². The average molecular weight is 251 g/mol. The Balaban J connectivity index is 2.70. The Labute approximate surface area is 99.7 Å². The van der Waals surface area contributed by atoms with Crippen molar-refractivity contribution >= 4 is 10.0 Å². The number of aromatic nitrogens is 2. The summed E-state index contributed by atoms with van der Waals surface area (Å²) in [7, 11) is -3.76. The van der Waals surface area contributed by atoms with Gasteiger partial charge in [-0.2, -0.15) is 5.10 Å². The first-order valence-electron chi connectivity index (χ1n) is 5.03. The highest BCUT2D eigenvalue weighted by Crippen LogP contribution is 2.27. The molecule has 0 atom stereocenters. The van der Waals surface area contributed by atoms with E-state index in [0.29, 0.717) is 5.69 Å². The van der Waals surface area contributed by atoms with Gasteiger partial charge in [-0.25, -0.2) is 13.6 Å². The molecule has 17 heavy (non-hydrogen) atoms. The first-order valence-corrected chi connectivity index (χ1v) is 6.58. The Bertz CT molecular complexity index is 659. The maximum Gasteiger partial charge on any atom is 0.241 e. The molecule has 0 aliphatic rings. The molecule has 90 valence electrons. The number of rotatable bonds is 2. The first kappa shape index (κ1) is 11.8. The van der Waals surface area contributed by atoms with Crippen LogP contribution in [-0.2, 0) is 10.0 Å². The van der Waals surface area contributed by atoms with Crippen LogP contribution in [-0.4, -0.2) is 18.6 Å². The van der Waals surface area contributed by atoms with E-state index in [4.69, 9.17) is 5.14 Å². The van der Waals surface area contributed by atoms with Crippen molar-refractivity contribution in [3.8, 4) is 11.3 Å². The number of hydrogen-bond donors (Lipinski definition) is 2. The molecule has 1 heterocycles. The summed E-state index contributed by atoms with van der Waals surface area (Å²) in [6.45, 7) is 3.85. The number of hydrogen-bond acceptors (Lipinski definition) is 3. The molecule has 0 radical (unpaired) electrons. The second kappa shape index (κ2) is 3.97. The second-order valence-corrected chi connectivity index (χ2v) is 5.50. The van der Waals surface area contributed by atoms with Crippen LogP contribution in [0.2, 0.25) is 0 Å². The van der Waals surface area contributed by atoms with E-state index >= 15 is 0 Å². The summed E-state index contributed by atoms with van der Waals surface area (Å²) in [5, 5.41) is 11.6. The average Bonchev–Trinajstić information content (AvgIpc) is 2.69. The van der Waals surface area contributed by atoms with Crippen LogP contribution in [0.15, 0.2) is 29.3 Å². The smallest absolute Gasteiger partial charge is 0.241 e. The van der Waals surface area contributed by atoms with Crippen molar-refractivity contribution in [1.29, 1.82) is 0 Å². The van der Waals surface area contributed by atoms with Gasteiger partial charge in [-0.3, -0.25) is 5.10 Å². The minimum absolute atomic E-state index is 0.0196. The summed E-state index contributed by atoms with van der Waals surface area (Å²) in [5.74, 6) is 0. The molecule has 6 heteroatoms. The van der Waals surface area contributed by atoms with Crippen molar-refractivity contribution in [2.75, 3.05) is 0 Å².